The molecule has 0 aromatic carbocycles. The van der Waals surface area contributed by atoms with Crippen LogP contribution in [0.25, 0.3) is 0 Å². The predicted octanol–water partition coefficient (Wildman–Crippen LogP) is 1.90. The lowest BCUT2D eigenvalue weighted by atomic mass is 10.0. The maximum Gasteiger partial charge on any atom is 0.306 e. The van der Waals surface area contributed by atoms with Crippen LogP contribution in [0.15, 0.2) is 12.2 Å². The summed E-state index contributed by atoms with van der Waals surface area (Å²) >= 11 is 0. The number of carbonyl (C=O) groups excluding carboxylic acids is 2. The monoisotopic (exact) mass is 251 g/mol. The molecule has 100 valence electrons. The first-order chi connectivity index (χ1) is 8.68. The van der Waals surface area contributed by atoms with Crippen molar-refractivity contribution >= 4 is 11.9 Å². The zero-order chi connectivity index (χ0) is 13.0. The summed E-state index contributed by atoms with van der Waals surface area (Å²) in [5, 5.41) is 0. The van der Waals surface area contributed by atoms with Crippen LogP contribution in [0.4, 0.5) is 0 Å². The first-order valence-corrected chi connectivity index (χ1v) is 6.79. The van der Waals surface area contributed by atoms with Crippen LogP contribution < -0.4 is 0 Å². The Morgan fingerprint density at radius 1 is 1.33 bits per heavy atom. The molecule has 2 aliphatic heterocycles. The molecule has 2 heterocycles. The van der Waals surface area contributed by atoms with Crippen LogP contribution in [0.2, 0.25) is 0 Å². The van der Waals surface area contributed by atoms with Gasteiger partial charge in [0.1, 0.15) is 6.61 Å². The molecule has 0 bridgehead atoms. The highest BCUT2D eigenvalue weighted by atomic mass is 16.5. The summed E-state index contributed by atoms with van der Waals surface area (Å²) in [5.41, 5.74) is 0. The van der Waals surface area contributed by atoms with Crippen molar-refractivity contribution in [2.45, 2.75) is 45.1 Å². The number of allylic oxidation sites excluding steroid dienone is 2. The molecule has 0 aliphatic carbocycles. The van der Waals surface area contributed by atoms with Gasteiger partial charge in [-0.15, -0.1) is 0 Å². The minimum absolute atomic E-state index is 0.0250. The molecular weight excluding hydrogens is 230 g/mol. The van der Waals surface area contributed by atoms with Crippen LogP contribution in [0.5, 0.6) is 0 Å². The lowest BCUT2D eigenvalue weighted by molar-refractivity contribution is -0.148. The van der Waals surface area contributed by atoms with Gasteiger partial charge in [0.05, 0.1) is 6.04 Å². The summed E-state index contributed by atoms with van der Waals surface area (Å²) in [6.45, 7) is 3.13. The van der Waals surface area contributed by atoms with E-state index in [9.17, 15) is 9.59 Å². The first kappa shape index (κ1) is 13.1. The van der Waals surface area contributed by atoms with Crippen LogP contribution >= 0.6 is 0 Å². The maximum absolute atomic E-state index is 12.3. The largest absolute Gasteiger partial charge is 0.463 e. The predicted molar refractivity (Wildman–Crippen MR) is 67.8 cm³/mol. The Hall–Kier alpha value is -1.32. The fourth-order valence-corrected chi connectivity index (χ4v) is 2.56. The number of carbonyl (C=O) groups is 2. The highest BCUT2D eigenvalue weighted by molar-refractivity contribution is 5.79. The van der Waals surface area contributed by atoms with Crippen molar-refractivity contribution < 1.29 is 14.3 Å². The molecule has 2 atom stereocenters. The Balaban J connectivity index is 2.08. The van der Waals surface area contributed by atoms with Crippen molar-refractivity contribution in [3.8, 4) is 0 Å². The third-order valence-corrected chi connectivity index (χ3v) is 3.69. The van der Waals surface area contributed by atoms with Crippen molar-refractivity contribution in [2.24, 2.45) is 5.92 Å². The van der Waals surface area contributed by atoms with Gasteiger partial charge in [0.15, 0.2) is 0 Å². The fraction of sp³-hybridized carbons (Fsp3) is 0.714. The number of nitrogens with zero attached hydrogens (tertiary/aromatic N) is 1. The van der Waals surface area contributed by atoms with Crippen LogP contribution in [-0.2, 0) is 14.3 Å². The minimum Gasteiger partial charge on any atom is -0.463 e. The minimum atomic E-state index is -0.160. The SMILES string of the molecule is C[C@@H]1C/C=C\CCC(=O)OC[C@@H]2CCCN2C1=O. The highest BCUT2D eigenvalue weighted by Gasteiger charge is 2.31. The summed E-state index contributed by atoms with van der Waals surface area (Å²) in [6.07, 6.45) is 7.82. The van der Waals surface area contributed by atoms with E-state index in [2.05, 4.69) is 0 Å². The summed E-state index contributed by atoms with van der Waals surface area (Å²) in [6, 6.07) is 0.0901. The van der Waals surface area contributed by atoms with Crippen LogP contribution in [-0.4, -0.2) is 36.0 Å². The third kappa shape index (κ3) is 3.12. The van der Waals surface area contributed by atoms with E-state index in [1.54, 1.807) is 0 Å². The van der Waals surface area contributed by atoms with Crippen molar-refractivity contribution in [2.75, 3.05) is 13.2 Å². The van der Waals surface area contributed by atoms with Gasteiger partial charge >= 0.3 is 5.97 Å². The van der Waals surface area contributed by atoms with Crippen molar-refractivity contribution in [1.82, 2.24) is 4.90 Å². The van der Waals surface area contributed by atoms with E-state index in [4.69, 9.17) is 4.74 Å². The van der Waals surface area contributed by atoms with Gasteiger partial charge in [-0.05, 0) is 25.7 Å². The number of esters is 1. The Morgan fingerprint density at radius 3 is 3.00 bits per heavy atom. The second kappa shape index (κ2) is 6.03. The standard InChI is InChI=1S/C14H21NO3/c1-11-6-3-2-4-8-13(16)18-10-12-7-5-9-15(12)14(11)17/h2-3,11-12H,4-10H2,1H3/b3-2-/t11-,12+/m1/s1. The van der Waals surface area contributed by atoms with Gasteiger partial charge < -0.3 is 9.64 Å². The summed E-state index contributed by atoms with van der Waals surface area (Å²) in [4.78, 5) is 25.6. The van der Waals surface area contributed by atoms with Gasteiger partial charge in [-0.25, -0.2) is 0 Å². The molecule has 1 saturated heterocycles. The molecule has 0 aromatic heterocycles. The molecule has 0 saturated carbocycles. The van der Waals surface area contributed by atoms with Crippen molar-refractivity contribution in [3.05, 3.63) is 12.2 Å². The van der Waals surface area contributed by atoms with E-state index in [-0.39, 0.29) is 23.8 Å². The molecule has 0 radical (unpaired) electrons. The van der Waals surface area contributed by atoms with Gasteiger partial charge in [0, 0.05) is 18.9 Å². The topological polar surface area (TPSA) is 46.6 Å². The van der Waals surface area contributed by atoms with E-state index in [0.29, 0.717) is 19.4 Å². The van der Waals surface area contributed by atoms with Gasteiger partial charge in [0.25, 0.3) is 0 Å². The lowest BCUT2D eigenvalue weighted by Crippen LogP contribution is -2.41. The lowest BCUT2D eigenvalue weighted by Gasteiger charge is -2.27. The number of amides is 1. The zero-order valence-corrected chi connectivity index (χ0v) is 10.9. The maximum atomic E-state index is 12.3. The Kier molecular flexibility index (Phi) is 4.39. The van der Waals surface area contributed by atoms with Gasteiger partial charge in [0.2, 0.25) is 5.91 Å². The van der Waals surface area contributed by atoms with E-state index < -0.39 is 0 Å². The molecule has 0 N–H and O–H groups in total. The summed E-state index contributed by atoms with van der Waals surface area (Å²) < 4.78 is 5.25. The van der Waals surface area contributed by atoms with Crippen LogP contribution in [0.3, 0.4) is 0 Å². The second-order valence-corrected chi connectivity index (χ2v) is 5.16. The van der Waals surface area contributed by atoms with Gasteiger partial charge in [-0.3, -0.25) is 9.59 Å². The molecule has 4 heteroatoms. The second-order valence-electron chi connectivity index (χ2n) is 5.16. The number of rotatable bonds is 0. The quantitative estimate of drug-likeness (QED) is 0.488. The summed E-state index contributed by atoms with van der Waals surface area (Å²) in [5.74, 6) is 0.0586. The van der Waals surface area contributed by atoms with E-state index in [1.165, 1.54) is 0 Å². The number of ether oxygens (including phenoxy) is 1. The fourth-order valence-electron chi connectivity index (χ4n) is 2.56. The van der Waals surface area contributed by atoms with Crippen LogP contribution in [0, 0.1) is 5.92 Å². The molecule has 18 heavy (non-hydrogen) atoms. The zero-order valence-electron chi connectivity index (χ0n) is 10.9. The van der Waals surface area contributed by atoms with Gasteiger partial charge in [-0.1, -0.05) is 19.1 Å². The average Bonchev–Trinajstić information content (AvgIpc) is 2.81. The summed E-state index contributed by atoms with van der Waals surface area (Å²) in [7, 11) is 0. The van der Waals surface area contributed by atoms with Gasteiger partial charge in [-0.2, -0.15) is 0 Å². The molecule has 0 unspecified atom stereocenters. The number of hydrogen-bond donors (Lipinski definition) is 0. The Morgan fingerprint density at radius 2 is 2.17 bits per heavy atom. The molecule has 0 spiro atoms. The highest BCUT2D eigenvalue weighted by Crippen LogP contribution is 2.22. The van der Waals surface area contributed by atoms with Crippen molar-refractivity contribution in [3.63, 3.8) is 0 Å². The average molecular weight is 251 g/mol. The number of hydrogen-bond acceptors (Lipinski definition) is 3. The molecule has 2 aliphatic rings. The molecule has 1 fully saturated rings. The molecule has 0 aromatic rings. The molecular formula is C14H21NO3. The first-order valence-electron chi connectivity index (χ1n) is 6.79. The Bertz CT molecular complexity index is 351. The van der Waals surface area contributed by atoms with Crippen LogP contribution in [0.1, 0.15) is 39.0 Å². The Labute approximate surface area is 108 Å². The van der Waals surface area contributed by atoms with Crippen molar-refractivity contribution in [1.29, 1.82) is 0 Å². The van der Waals surface area contributed by atoms with E-state index in [1.807, 2.05) is 24.0 Å². The molecule has 2 rings (SSSR count). The van der Waals surface area contributed by atoms with E-state index in [0.717, 1.165) is 25.8 Å². The van der Waals surface area contributed by atoms with E-state index >= 15 is 0 Å². The number of fused-ring (bicyclic) bond motifs is 1. The number of cyclic esters (lactones) is 1. The molecule has 4 nitrogen and oxygen atoms in total. The molecule has 1 amide bonds. The third-order valence-electron chi connectivity index (χ3n) is 3.69. The smallest absolute Gasteiger partial charge is 0.306 e. The normalized spacial score (nSPS) is 32.2.